The summed E-state index contributed by atoms with van der Waals surface area (Å²) in [4.78, 5) is 25.5. The largest absolute Gasteiger partial charge is 0.473 e. The number of ether oxygens (including phenoxy) is 1. The molecule has 0 aliphatic carbocycles. The SMILES string of the molecule is CC(Oc1c(-c2ccco2)oc2ccccc2c1=O)C(=O)NCc1ccccc1. The van der Waals surface area contributed by atoms with Crippen LogP contribution in [0.2, 0.25) is 0 Å². The molecule has 0 bridgehead atoms. The average molecular weight is 389 g/mol. The second kappa shape index (κ2) is 8.06. The lowest BCUT2D eigenvalue weighted by Crippen LogP contribution is -2.36. The number of para-hydroxylation sites is 1. The van der Waals surface area contributed by atoms with E-state index in [4.69, 9.17) is 13.6 Å². The third kappa shape index (κ3) is 3.91. The molecule has 0 aliphatic rings. The topological polar surface area (TPSA) is 81.7 Å². The molecule has 1 N–H and O–H groups in total. The highest BCUT2D eigenvalue weighted by Gasteiger charge is 2.24. The van der Waals surface area contributed by atoms with E-state index in [1.54, 1.807) is 43.3 Å². The highest BCUT2D eigenvalue weighted by molar-refractivity contribution is 5.83. The number of hydrogen-bond acceptors (Lipinski definition) is 5. The first kappa shape index (κ1) is 18.6. The van der Waals surface area contributed by atoms with Gasteiger partial charge in [0.1, 0.15) is 5.58 Å². The summed E-state index contributed by atoms with van der Waals surface area (Å²) in [5.74, 6) is 0.106. The van der Waals surface area contributed by atoms with Gasteiger partial charge in [0, 0.05) is 6.54 Å². The van der Waals surface area contributed by atoms with Gasteiger partial charge >= 0.3 is 0 Å². The smallest absolute Gasteiger partial charge is 0.261 e. The summed E-state index contributed by atoms with van der Waals surface area (Å²) in [7, 11) is 0. The fourth-order valence-corrected chi connectivity index (χ4v) is 2.96. The average Bonchev–Trinajstić information content (AvgIpc) is 3.29. The van der Waals surface area contributed by atoms with Gasteiger partial charge in [0.15, 0.2) is 11.9 Å². The van der Waals surface area contributed by atoms with Crippen molar-refractivity contribution in [3.05, 3.63) is 88.8 Å². The molecular weight excluding hydrogens is 370 g/mol. The molecule has 1 amide bonds. The van der Waals surface area contributed by atoms with E-state index in [0.717, 1.165) is 5.56 Å². The van der Waals surface area contributed by atoms with Crippen LogP contribution in [0.4, 0.5) is 0 Å². The molecule has 146 valence electrons. The Bertz CT molecular complexity index is 1180. The quantitative estimate of drug-likeness (QED) is 0.536. The molecule has 4 aromatic rings. The maximum atomic E-state index is 13.0. The number of carbonyl (C=O) groups is 1. The van der Waals surface area contributed by atoms with E-state index >= 15 is 0 Å². The molecular formula is C23H19NO5. The van der Waals surface area contributed by atoms with E-state index in [2.05, 4.69) is 5.32 Å². The Labute approximate surface area is 166 Å². The van der Waals surface area contributed by atoms with Gasteiger partial charge in [0.25, 0.3) is 5.91 Å². The van der Waals surface area contributed by atoms with Crippen LogP contribution in [0.25, 0.3) is 22.5 Å². The summed E-state index contributed by atoms with van der Waals surface area (Å²) in [5.41, 5.74) is 1.02. The van der Waals surface area contributed by atoms with Gasteiger partial charge in [-0.25, -0.2) is 0 Å². The van der Waals surface area contributed by atoms with Gasteiger partial charge in [0.2, 0.25) is 16.9 Å². The van der Waals surface area contributed by atoms with Crippen molar-refractivity contribution >= 4 is 16.9 Å². The Morgan fingerprint density at radius 1 is 1.03 bits per heavy atom. The Kier molecular flexibility index (Phi) is 5.16. The molecule has 1 atom stereocenters. The Balaban J connectivity index is 1.62. The molecule has 6 nitrogen and oxygen atoms in total. The van der Waals surface area contributed by atoms with E-state index in [1.165, 1.54) is 6.26 Å². The molecule has 0 fully saturated rings. The van der Waals surface area contributed by atoms with Crippen LogP contribution in [0.15, 0.2) is 86.6 Å². The third-order valence-electron chi connectivity index (χ3n) is 4.47. The number of furan rings is 1. The molecule has 1 unspecified atom stereocenters. The standard InChI is InChI=1S/C23H19NO5/c1-15(23(26)24-14-16-8-3-2-4-9-16)28-22-20(25)17-10-5-6-11-18(17)29-21(22)19-12-7-13-27-19/h2-13,15H,14H2,1H3,(H,24,26). The van der Waals surface area contributed by atoms with Crippen molar-refractivity contribution in [1.82, 2.24) is 5.32 Å². The van der Waals surface area contributed by atoms with Crippen LogP contribution in [0.3, 0.4) is 0 Å². The van der Waals surface area contributed by atoms with Crippen molar-refractivity contribution < 1.29 is 18.4 Å². The predicted octanol–water partition coefficient (Wildman–Crippen LogP) is 4.14. The third-order valence-corrected chi connectivity index (χ3v) is 4.47. The van der Waals surface area contributed by atoms with Gasteiger partial charge in [-0.05, 0) is 36.8 Å². The van der Waals surface area contributed by atoms with Crippen molar-refractivity contribution in [2.75, 3.05) is 0 Å². The second-order valence-corrected chi connectivity index (χ2v) is 6.53. The number of fused-ring (bicyclic) bond motifs is 1. The number of nitrogens with one attached hydrogen (secondary N) is 1. The zero-order valence-electron chi connectivity index (χ0n) is 15.8. The van der Waals surface area contributed by atoms with Crippen LogP contribution in [0.1, 0.15) is 12.5 Å². The predicted molar refractivity (Wildman–Crippen MR) is 109 cm³/mol. The summed E-state index contributed by atoms with van der Waals surface area (Å²) >= 11 is 0. The van der Waals surface area contributed by atoms with Crippen molar-refractivity contribution in [1.29, 1.82) is 0 Å². The summed E-state index contributed by atoms with van der Waals surface area (Å²) in [6.07, 6.45) is 0.570. The lowest BCUT2D eigenvalue weighted by Gasteiger charge is -2.16. The van der Waals surface area contributed by atoms with E-state index in [-0.39, 0.29) is 22.8 Å². The van der Waals surface area contributed by atoms with Crippen LogP contribution in [-0.4, -0.2) is 12.0 Å². The van der Waals surface area contributed by atoms with Gasteiger partial charge in [-0.2, -0.15) is 0 Å². The van der Waals surface area contributed by atoms with Gasteiger partial charge in [-0.1, -0.05) is 42.5 Å². The molecule has 6 heteroatoms. The minimum atomic E-state index is -0.906. The molecule has 2 aromatic carbocycles. The van der Waals surface area contributed by atoms with E-state index in [1.807, 2.05) is 30.3 Å². The van der Waals surface area contributed by atoms with Gasteiger partial charge in [0.05, 0.1) is 11.6 Å². The summed E-state index contributed by atoms with van der Waals surface area (Å²) < 4.78 is 17.1. The monoisotopic (exact) mass is 389 g/mol. The van der Waals surface area contributed by atoms with Crippen LogP contribution >= 0.6 is 0 Å². The Morgan fingerprint density at radius 3 is 2.55 bits per heavy atom. The minimum Gasteiger partial charge on any atom is -0.473 e. The first-order valence-corrected chi connectivity index (χ1v) is 9.21. The summed E-state index contributed by atoms with van der Waals surface area (Å²) in [5, 5.41) is 3.18. The van der Waals surface area contributed by atoms with Crippen LogP contribution in [0.5, 0.6) is 5.75 Å². The Morgan fingerprint density at radius 2 is 1.79 bits per heavy atom. The fraction of sp³-hybridized carbons (Fsp3) is 0.130. The van der Waals surface area contributed by atoms with Crippen molar-refractivity contribution in [3.8, 4) is 17.3 Å². The Hall–Kier alpha value is -3.80. The molecule has 0 spiro atoms. The van der Waals surface area contributed by atoms with Crippen molar-refractivity contribution in [2.45, 2.75) is 19.6 Å². The number of amides is 1. The van der Waals surface area contributed by atoms with Crippen molar-refractivity contribution in [3.63, 3.8) is 0 Å². The number of hydrogen-bond donors (Lipinski definition) is 1. The lowest BCUT2D eigenvalue weighted by atomic mass is 10.2. The second-order valence-electron chi connectivity index (χ2n) is 6.53. The zero-order chi connectivity index (χ0) is 20.2. The minimum absolute atomic E-state index is 0.0546. The van der Waals surface area contributed by atoms with E-state index < -0.39 is 6.10 Å². The number of rotatable bonds is 6. The maximum absolute atomic E-state index is 13.0. The first-order valence-electron chi connectivity index (χ1n) is 9.21. The molecule has 2 aromatic heterocycles. The fourth-order valence-electron chi connectivity index (χ4n) is 2.96. The molecule has 0 saturated heterocycles. The van der Waals surface area contributed by atoms with Crippen LogP contribution < -0.4 is 15.5 Å². The van der Waals surface area contributed by atoms with Gasteiger partial charge < -0.3 is 18.9 Å². The number of benzene rings is 2. The molecule has 0 saturated carbocycles. The van der Waals surface area contributed by atoms with Crippen LogP contribution in [0, 0.1) is 0 Å². The lowest BCUT2D eigenvalue weighted by molar-refractivity contribution is -0.127. The van der Waals surface area contributed by atoms with E-state index in [0.29, 0.717) is 23.3 Å². The molecule has 2 heterocycles. The maximum Gasteiger partial charge on any atom is 0.261 e. The summed E-state index contributed by atoms with van der Waals surface area (Å²) in [6, 6.07) is 19.8. The zero-order valence-corrected chi connectivity index (χ0v) is 15.8. The molecule has 29 heavy (non-hydrogen) atoms. The number of carbonyl (C=O) groups excluding carboxylic acids is 1. The molecule has 4 rings (SSSR count). The normalized spacial score (nSPS) is 11.9. The first-order chi connectivity index (χ1) is 14.1. The highest BCUT2D eigenvalue weighted by atomic mass is 16.5. The molecule has 0 radical (unpaired) electrons. The van der Waals surface area contributed by atoms with Crippen molar-refractivity contribution in [2.24, 2.45) is 0 Å². The van der Waals surface area contributed by atoms with Gasteiger partial charge in [-0.15, -0.1) is 0 Å². The highest BCUT2D eigenvalue weighted by Crippen LogP contribution is 2.31. The van der Waals surface area contributed by atoms with E-state index in [9.17, 15) is 9.59 Å². The van der Waals surface area contributed by atoms with Gasteiger partial charge in [-0.3, -0.25) is 9.59 Å². The summed E-state index contributed by atoms with van der Waals surface area (Å²) in [6.45, 7) is 1.95. The van der Waals surface area contributed by atoms with Crippen LogP contribution in [-0.2, 0) is 11.3 Å². The molecule has 0 aliphatic heterocycles.